The third-order valence-corrected chi connectivity index (χ3v) is 3.97. The molecule has 1 aliphatic heterocycles. The molecular formula is C11H22N+. The molecule has 0 aromatic rings. The lowest BCUT2D eigenvalue weighted by atomic mass is 9.77. The molecular weight excluding hydrogens is 146 g/mol. The molecule has 1 heterocycles. The van der Waals surface area contributed by atoms with Crippen LogP contribution in [0.15, 0.2) is 0 Å². The van der Waals surface area contributed by atoms with E-state index >= 15 is 0 Å². The summed E-state index contributed by atoms with van der Waals surface area (Å²) in [4.78, 5) is 0. The van der Waals surface area contributed by atoms with Gasteiger partial charge in [0.05, 0.1) is 32.6 Å². The highest BCUT2D eigenvalue weighted by molar-refractivity contribution is 4.80. The van der Waals surface area contributed by atoms with Crippen LogP contribution in [0.2, 0.25) is 0 Å². The smallest absolute Gasteiger partial charge is 0.0969 e. The van der Waals surface area contributed by atoms with Gasteiger partial charge in [0.25, 0.3) is 0 Å². The van der Waals surface area contributed by atoms with Crippen LogP contribution in [-0.4, -0.2) is 31.2 Å². The first kappa shape index (κ1) is 8.55. The van der Waals surface area contributed by atoms with Crippen LogP contribution in [0, 0.1) is 5.92 Å². The molecule has 1 nitrogen and oxygen atoms in total. The first-order chi connectivity index (χ1) is 5.70. The van der Waals surface area contributed by atoms with Crippen LogP contribution in [0.1, 0.15) is 38.5 Å². The molecule has 0 radical (unpaired) electrons. The van der Waals surface area contributed by atoms with E-state index < -0.39 is 0 Å². The molecule has 2 unspecified atom stereocenters. The van der Waals surface area contributed by atoms with E-state index in [9.17, 15) is 0 Å². The molecule has 0 N–H and O–H groups in total. The van der Waals surface area contributed by atoms with E-state index in [-0.39, 0.29) is 0 Å². The Kier molecular flexibility index (Phi) is 2.16. The molecule has 0 bridgehead atoms. The number of fused-ring (bicyclic) bond motifs is 1. The number of quaternary nitrogens is 1. The molecule has 2 fully saturated rings. The summed E-state index contributed by atoms with van der Waals surface area (Å²) >= 11 is 0. The van der Waals surface area contributed by atoms with Gasteiger partial charge in [-0.3, -0.25) is 0 Å². The van der Waals surface area contributed by atoms with Crippen LogP contribution in [0.4, 0.5) is 0 Å². The second-order valence-electron chi connectivity index (χ2n) is 5.28. The van der Waals surface area contributed by atoms with Gasteiger partial charge in [-0.2, -0.15) is 0 Å². The zero-order chi connectivity index (χ0) is 8.60. The minimum absolute atomic E-state index is 1.02. The molecule has 2 atom stereocenters. The molecule has 1 aliphatic carbocycles. The summed E-state index contributed by atoms with van der Waals surface area (Å²) in [6.07, 6.45) is 8.99. The van der Waals surface area contributed by atoms with Crippen molar-refractivity contribution in [2.24, 2.45) is 5.92 Å². The van der Waals surface area contributed by atoms with E-state index in [1.807, 2.05) is 0 Å². The van der Waals surface area contributed by atoms with Crippen molar-refractivity contribution < 1.29 is 4.48 Å². The highest BCUT2D eigenvalue weighted by Gasteiger charge is 2.47. The fraction of sp³-hybridized carbons (Fsp3) is 1.00. The van der Waals surface area contributed by atoms with Crippen LogP contribution in [-0.2, 0) is 0 Å². The average Bonchev–Trinajstić information content (AvgIpc) is 1.95. The Morgan fingerprint density at radius 2 is 1.58 bits per heavy atom. The van der Waals surface area contributed by atoms with E-state index in [1.165, 1.54) is 49.6 Å². The molecule has 0 aromatic carbocycles. The molecule has 1 heteroatoms. The van der Waals surface area contributed by atoms with E-state index in [1.54, 1.807) is 0 Å². The van der Waals surface area contributed by atoms with Crippen LogP contribution >= 0.6 is 0 Å². The maximum Gasteiger partial charge on any atom is 0.0969 e. The fourth-order valence-corrected chi connectivity index (χ4v) is 3.28. The summed E-state index contributed by atoms with van der Waals surface area (Å²) in [6, 6.07) is 1.02. The highest BCUT2D eigenvalue weighted by atomic mass is 15.4. The standard InChI is InChI=1S/C11H22N/c1-12(2)9-10-7-5-3-4-6-8-11(10)12/h10-11H,3-9H2,1-2H3/q+1. The molecule has 1 saturated carbocycles. The van der Waals surface area contributed by atoms with Gasteiger partial charge in [-0.05, 0) is 19.3 Å². The lowest BCUT2D eigenvalue weighted by Gasteiger charge is -2.53. The first-order valence-corrected chi connectivity index (χ1v) is 5.53. The van der Waals surface area contributed by atoms with Crippen molar-refractivity contribution in [1.82, 2.24) is 0 Å². The zero-order valence-electron chi connectivity index (χ0n) is 8.55. The van der Waals surface area contributed by atoms with Gasteiger partial charge in [0, 0.05) is 0 Å². The summed E-state index contributed by atoms with van der Waals surface area (Å²) in [7, 11) is 4.81. The van der Waals surface area contributed by atoms with Gasteiger partial charge in [0.1, 0.15) is 0 Å². The van der Waals surface area contributed by atoms with Gasteiger partial charge in [-0.1, -0.05) is 19.3 Å². The number of hydrogen-bond acceptors (Lipinski definition) is 0. The Morgan fingerprint density at radius 1 is 0.917 bits per heavy atom. The number of rotatable bonds is 0. The normalized spacial score (nSPS) is 40.5. The summed E-state index contributed by atoms with van der Waals surface area (Å²) in [6.45, 7) is 1.45. The molecule has 2 rings (SSSR count). The SMILES string of the molecule is C[N+]1(C)CC2CCCCCCC21. The Bertz CT molecular complexity index is 162. The second kappa shape index (κ2) is 3.02. The van der Waals surface area contributed by atoms with Gasteiger partial charge < -0.3 is 4.48 Å². The average molecular weight is 168 g/mol. The predicted molar refractivity (Wildman–Crippen MR) is 52.0 cm³/mol. The van der Waals surface area contributed by atoms with Gasteiger partial charge in [-0.25, -0.2) is 0 Å². The van der Waals surface area contributed by atoms with Crippen molar-refractivity contribution in [2.45, 2.75) is 44.6 Å². The van der Waals surface area contributed by atoms with Crippen LogP contribution in [0.5, 0.6) is 0 Å². The minimum Gasteiger partial charge on any atom is -0.325 e. The Hall–Kier alpha value is -0.0400. The van der Waals surface area contributed by atoms with E-state index in [4.69, 9.17) is 0 Å². The first-order valence-electron chi connectivity index (χ1n) is 5.53. The van der Waals surface area contributed by atoms with E-state index in [0.29, 0.717) is 0 Å². The molecule has 12 heavy (non-hydrogen) atoms. The van der Waals surface area contributed by atoms with Crippen LogP contribution in [0.3, 0.4) is 0 Å². The molecule has 1 saturated heterocycles. The van der Waals surface area contributed by atoms with Crippen LogP contribution < -0.4 is 0 Å². The van der Waals surface area contributed by atoms with E-state index in [2.05, 4.69) is 14.1 Å². The molecule has 0 spiro atoms. The summed E-state index contributed by atoms with van der Waals surface area (Å²) in [5, 5.41) is 0. The van der Waals surface area contributed by atoms with Crippen molar-refractivity contribution in [1.29, 1.82) is 0 Å². The number of nitrogens with zero attached hydrogens (tertiary/aromatic N) is 1. The number of likely N-dealkylation sites (tertiary alicyclic amines) is 1. The Morgan fingerprint density at radius 3 is 2.25 bits per heavy atom. The Balaban J connectivity index is 1.95. The topological polar surface area (TPSA) is 0 Å². The van der Waals surface area contributed by atoms with Gasteiger partial charge in [0.2, 0.25) is 0 Å². The van der Waals surface area contributed by atoms with Crippen molar-refractivity contribution in [3.8, 4) is 0 Å². The summed E-state index contributed by atoms with van der Waals surface area (Å²) < 4.78 is 1.31. The van der Waals surface area contributed by atoms with Gasteiger partial charge in [0.15, 0.2) is 0 Å². The van der Waals surface area contributed by atoms with Crippen LogP contribution in [0.25, 0.3) is 0 Å². The maximum absolute atomic E-state index is 2.41. The third kappa shape index (κ3) is 1.39. The Labute approximate surface area is 76.3 Å². The number of hydrogen-bond donors (Lipinski definition) is 0. The second-order valence-corrected chi connectivity index (χ2v) is 5.28. The van der Waals surface area contributed by atoms with Crippen molar-refractivity contribution in [3.05, 3.63) is 0 Å². The molecule has 70 valence electrons. The fourth-order valence-electron chi connectivity index (χ4n) is 3.28. The maximum atomic E-state index is 2.41. The van der Waals surface area contributed by atoms with Gasteiger partial charge >= 0.3 is 0 Å². The lowest BCUT2D eigenvalue weighted by Crippen LogP contribution is -2.66. The minimum atomic E-state index is 1.02. The summed E-state index contributed by atoms with van der Waals surface area (Å²) in [5.74, 6) is 1.08. The highest BCUT2D eigenvalue weighted by Crippen LogP contribution is 2.38. The quantitative estimate of drug-likeness (QED) is 0.487. The monoisotopic (exact) mass is 168 g/mol. The van der Waals surface area contributed by atoms with Gasteiger partial charge in [-0.15, -0.1) is 0 Å². The van der Waals surface area contributed by atoms with Crippen molar-refractivity contribution >= 4 is 0 Å². The molecule has 2 aliphatic rings. The van der Waals surface area contributed by atoms with Crippen molar-refractivity contribution in [2.75, 3.05) is 20.6 Å². The largest absolute Gasteiger partial charge is 0.325 e. The lowest BCUT2D eigenvalue weighted by molar-refractivity contribution is -0.967. The predicted octanol–water partition coefficient (Wildman–Crippen LogP) is 2.42. The zero-order valence-corrected chi connectivity index (χ0v) is 8.55. The summed E-state index contributed by atoms with van der Waals surface area (Å²) in [5.41, 5.74) is 0. The van der Waals surface area contributed by atoms with E-state index in [0.717, 1.165) is 12.0 Å². The molecule has 0 aromatic heterocycles. The van der Waals surface area contributed by atoms with Crippen molar-refractivity contribution in [3.63, 3.8) is 0 Å². The third-order valence-electron chi connectivity index (χ3n) is 3.97. The molecule has 0 amide bonds.